The van der Waals surface area contributed by atoms with Crippen molar-refractivity contribution in [3.63, 3.8) is 0 Å². The highest BCUT2D eigenvalue weighted by molar-refractivity contribution is 6.04. The van der Waals surface area contributed by atoms with Gasteiger partial charge in [0.1, 0.15) is 6.61 Å². The van der Waals surface area contributed by atoms with E-state index in [2.05, 4.69) is 0 Å². The van der Waals surface area contributed by atoms with Gasteiger partial charge in [-0.15, -0.1) is 0 Å². The molecule has 3 fully saturated rings. The third-order valence-corrected chi connectivity index (χ3v) is 9.69. The Balaban J connectivity index is 1.77. The predicted octanol–water partition coefficient (Wildman–Crippen LogP) is 3.84. The standard InChI is InChI=1S/C27H37FO6/c1-5-6-7-22(33)34-27(21(32)14-29)15(2)12-18-16-8-9-17-24(28)19(30)10-11-25(17,3)23(16)20(31)13-26(18,27)4/h10-11,15-16,18,20,23,29,31H,5-9,12-14H2,1-4H3/t15-,16-,18-,20-,23+,25-,26-,27+/m0/s1. The van der Waals surface area contributed by atoms with E-state index in [0.717, 1.165) is 6.42 Å². The van der Waals surface area contributed by atoms with Crippen molar-refractivity contribution in [2.45, 2.75) is 84.3 Å². The van der Waals surface area contributed by atoms with Gasteiger partial charge in [-0.1, -0.05) is 40.2 Å². The highest BCUT2D eigenvalue weighted by Crippen LogP contribution is 2.69. The predicted molar refractivity (Wildman–Crippen MR) is 123 cm³/mol. The van der Waals surface area contributed by atoms with E-state index >= 15 is 0 Å². The lowest BCUT2D eigenvalue weighted by Crippen LogP contribution is -2.64. The number of hydrogen-bond acceptors (Lipinski definition) is 6. The van der Waals surface area contributed by atoms with Crippen molar-refractivity contribution in [1.29, 1.82) is 0 Å². The first-order valence-corrected chi connectivity index (χ1v) is 12.6. The van der Waals surface area contributed by atoms with Crippen LogP contribution < -0.4 is 0 Å². The molecule has 0 aromatic carbocycles. The SMILES string of the molecule is CCCCC(=O)O[C@@]1(C(=O)CO)[C@@H](C)C[C@H]2[C@@H]3CCC4=C(F)C(=O)C=C[C@]4(C)[C@H]3[C@@H](O)C[C@@]21C. The summed E-state index contributed by atoms with van der Waals surface area (Å²) < 4.78 is 20.9. The molecule has 0 heterocycles. The van der Waals surface area contributed by atoms with Gasteiger partial charge in [0.25, 0.3) is 0 Å². The van der Waals surface area contributed by atoms with Crippen molar-refractivity contribution in [1.82, 2.24) is 0 Å². The maximum atomic E-state index is 14.8. The fourth-order valence-corrected chi connectivity index (χ4v) is 8.26. The second-order valence-electron chi connectivity index (χ2n) is 11.3. The quantitative estimate of drug-likeness (QED) is 0.565. The van der Waals surface area contributed by atoms with Crippen LogP contribution >= 0.6 is 0 Å². The van der Waals surface area contributed by atoms with Crippen LogP contribution in [-0.2, 0) is 19.1 Å². The van der Waals surface area contributed by atoms with Gasteiger partial charge in [0.15, 0.2) is 11.4 Å². The van der Waals surface area contributed by atoms with Crippen LogP contribution in [0.25, 0.3) is 0 Å². The van der Waals surface area contributed by atoms with Gasteiger partial charge in [-0.3, -0.25) is 14.4 Å². The van der Waals surface area contributed by atoms with Crippen LogP contribution in [0.5, 0.6) is 0 Å². The van der Waals surface area contributed by atoms with E-state index in [4.69, 9.17) is 4.74 Å². The van der Waals surface area contributed by atoms with E-state index in [9.17, 15) is 29.0 Å². The number of hydrogen-bond donors (Lipinski definition) is 2. The zero-order valence-corrected chi connectivity index (χ0v) is 20.6. The highest BCUT2D eigenvalue weighted by Gasteiger charge is 2.72. The number of allylic oxidation sites excluding steroid dienone is 4. The van der Waals surface area contributed by atoms with E-state index in [1.54, 1.807) is 6.08 Å². The Morgan fingerprint density at radius 1 is 1.29 bits per heavy atom. The molecule has 0 aromatic rings. The number of rotatable bonds is 6. The molecule has 0 spiro atoms. The number of aliphatic hydroxyl groups is 2. The van der Waals surface area contributed by atoms with Crippen LogP contribution in [0.1, 0.15) is 72.6 Å². The van der Waals surface area contributed by atoms with E-state index in [1.165, 1.54) is 6.08 Å². The van der Waals surface area contributed by atoms with Crippen LogP contribution in [0.2, 0.25) is 0 Å². The number of aliphatic hydroxyl groups excluding tert-OH is 2. The monoisotopic (exact) mass is 476 g/mol. The maximum absolute atomic E-state index is 14.8. The summed E-state index contributed by atoms with van der Waals surface area (Å²) >= 11 is 0. The number of carbonyl (C=O) groups is 3. The number of ketones is 2. The Hall–Kier alpha value is -1.86. The lowest BCUT2D eigenvalue weighted by molar-refractivity contribution is -0.205. The summed E-state index contributed by atoms with van der Waals surface area (Å²) in [6.07, 6.45) is 5.58. The van der Waals surface area contributed by atoms with Gasteiger partial charge in [-0.25, -0.2) is 4.39 Å². The van der Waals surface area contributed by atoms with Gasteiger partial charge in [0.05, 0.1) is 6.10 Å². The van der Waals surface area contributed by atoms with Crippen LogP contribution in [0, 0.1) is 34.5 Å². The van der Waals surface area contributed by atoms with Gasteiger partial charge in [0, 0.05) is 29.1 Å². The van der Waals surface area contributed by atoms with E-state index in [-0.39, 0.29) is 36.5 Å². The van der Waals surface area contributed by atoms with E-state index in [1.807, 2.05) is 27.7 Å². The summed E-state index contributed by atoms with van der Waals surface area (Å²) in [5.74, 6) is -3.05. The van der Waals surface area contributed by atoms with Crippen LogP contribution in [0.3, 0.4) is 0 Å². The Morgan fingerprint density at radius 2 is 2.00 bits per heavy atom. The first-order chi connectivity index (χ1) is 16.0. The van der Waals surface area contributed by atoms with Crippen LogP contribution in [0.4, 0.5) is 4.39 Å². The van der Waals surface area contributed by atoms with Crippen molar-refractivity contribution >= 4 is 17.5 Å². The number of Topliss-reactive ketones (excluding diaryl/α,β-unsaturated/α-hetero) is 1. The molecule has 3 saturated carbocycles. The number of esters is 1. The zero-order valence-electron chi connectivity index (χ0n) is 20.6. The average molecular weight is 477 g/mol. The second kappa shape index (κ2) is 8.66. The topological polar surface area (TPSA) is 101 Å². The molecular weight excluding hydrogens is 439 g/mol. The first kappa shape index (κ1) is 25.2. The summed E-state index contributed by atoms with van der Waals surface area (Å²) in [6.45, 7) is 6.93. The number of halogens is 1. The third kappa shape index (κ3) is 3.29. The summed E-state index contributed by atoms with van der Waals surface area (Å²) in [5, 5.41) is 21.5. The molecule has 6 nitrogen and oxygen atoms in total. The Kier molecular flexibility index (Phi) is 6.43. The lowest BCUT2D eigenvalue weighted by atomic mass is 9.46. The second-order valence-corrected chi connectivity index (χ2v) is 11.3. The summed E-state index contributed by atoms with van der Waals surface area (Å²) in [4.78, 5) is 38.1. The molecule has 4 aliphatic rings. The molecule has 0 aliphatic heterocycles. The van der Waals surface area contributed by atoms with Gasteiger partial charge in [0.2, 0.25) is 11.6 Å². The van der Waals surface area contributed by atoms with Crippen LogP contribution in [-0.4, -0.2) is 46.1 Å². The maximum Gasteiger partial charge on any atom is 0.306 e. The fraction of sp³-hybridized carbons (Fsp3) is 0.741. The lowest BCUT2D eigenvalue weighted by Gasteiger charge is -2.60. The molecule has 7 heteroatoms. The molecule has 0 unspecified atom stereocenters. The Morgan fingerprint density at radius 3 is 2.65 bits per heavy atom. The normalized spacial score (nSPS) is 43.3. The van der Waals surface area contributed by atoms with Crippen molar-refractivity contribution in [2.24, 2.45) is 34.5 Å². The Labute approximate surface area is 200 Å². The highest BCUT2D eigenvalue weighted by atomic mass is 19.1. The molecule has 0 amide bonds. The smallest absolute Gasteiger partial charge is 0.306 e. The molecule has 4 rings (SSSR count). The Bertz CT molecular complexity index is 955. The number of unbranched alkanes of at least 4 members (excludes halogenated alkanes) is 1. The van der Waals surface area contributed by atoms with Gasteiger partial charge in [-0.05, 0) is 55.6 Å². The van der Waals surface area contributed by atoms with E-state index in [0.29, 0.717) is 31.3 Å². The summed E-state index contributed by atoms with van der Waals surface area (Å²) in [5.41, 5.74) is -2.70. The fourth-order valence-electron chi connectivity index (χ4n) is 8.26. The number of carbonyl (C=O) groups excluding carboxylic acids is 3. The molecule has 0 aromatic heterocycles. The van der Waals surface area contributed by atoms with Crippen molar-refractivity contribution in [2.75, 3.05) is 6.61 Å². The molecule has 0 saturated heterocycles. The molecule has 2 N–H and O–H groups in total. The molecule has 0 radical (unpaired) electrons. The zero-order chi connectivity index (χ0) is 25.1. The summed E-state index contributed by atoms with van der Waals surface area (Å²) in [7, 11) is 0. The number of ether oxygens (including phenoxy) is 1. The molecule has 34 heavy (non-hydrogen) atoms. The minimum atomic E-state index is -1.51. The first-order valence-electron chi connectivity index (χ1n) is 12.6. The van der Waals surface area contributed by atoms with Gasteiger partial charge in [-0.2, -0.15) is 0 Å². The van der Waals surface area contributed by atoms with Gasteiger partial charge >= 0.3 is 5.97 Å². The molecule has 188 valence electrons. The molecular formula is C27H37FO6. The minimum absolute atomic E-state index is 0.0432. The van der Waals surface area contributed by atoms with Crippen LogP contribution in [0.15, 0.2) is 23.6 Å². The minimum Gasteiger partial charge on any atom is -0.450 e. The summed E-state index contributed by atoms with van der Waals surface area (Å²) in [6, 6.07) is 0. The molecule has 4 aliphatic carbocycles. The van der Waals surface area contributed by atoms with E-state index < -0.39 is 52.5 Å². The van der Waals surface area contributed by atoms with Gasteiger partial charge < -0.3 is 14.9 Å². The average Bonchev–Trinajstić information content (AvgIpc) is 3.01. The molecule has 0 bridgehead atoms. The third-order valence-electron chi connectivity index (χ3n) is 9.69. The van der Waals surface area contributed by atoms with Crippen molar-refractivity contribution < 1.29 is 33.7 Å². The largest absolute Gasteiger partial charge is 0.450 e. The molecule has 8 atom stereocenters. The number of fused-ring (bicyclic) bond motifs is 5. The van der Waals surface area contributed by atoms with Crippen molar-refractivity contribution in [3.8, 4) is 0 Å². The van der Waals surface area contributed by atoms with Crippen molar-refractivity contribution in [3.05, 3.63) is 23.6 Å².